The van der Waals surface area contributed by atoms with E-state index in [1.165, 1.54) is 0 Å². The minimum absolute atomic E-state index is 0.00303. The fraction of sp³-hybridized carbons (Fsp3) is 0.125. The van der Waals surface area contributed by atoms with Crippen molar-refractivity contribution >= 4 is 22.8 Å². The molecule has 1 N–H and O–H groups in total. The molecule has 0 amide bonds. The molecule has 0 atom stereocenters. The fourth-order valence-electron chi connectivity index (χ4n) is 1.07. The zero-order valence-corrected chi connectivity index (χ0v) is 7.64. The van der Waals surface area contributed by atoms with Gasteiger partial charge in [-0.05, 0) is 0 Å². The number of fused-ring (bicyclic) bond motifs is 1. The number of halogens is 2. The Labute approximate surface area is 83.5 Å². The summed E-state index contributed by atoms with van der Waals surface area (Å²) in [6.45, 7) is 0. The van der Waals surface area contributed by atoms with Crippen LogP contribution in [0.15, 0.2) is 0 Å². The molecule has 6 heteroatoms. The molecule has 2 heterocycles. The van der Waals surface area contributed by atoms with Crippen molar-refractivity contribution in [2.75, 3.05) is 0 Å². The van der Waals surface area contributed by atoms with E-state index in [1.807, 2.05) is 0 Å². The van der Waals surface area contributed by atoms with Crippen molar-refractivity contribution in [2.45, 2.75) is 6.42 Å². The van der Waals surface area contributed by atoms with E-state index in [1.54, 1.807) is 0 Å². The van der Waals surface area contributed by atoms with Gasteiger partial charge in [-0.1, -0.05) is 17.5 Å². The molecule has 0 aliphatic rings. The molecule has 2 aromatic rings. The topological polar surface area (TPSA) is 54.5 Å². The highest BCUT2D eigenvalue weighted by molar-refractivity contribution is 6.33. The van der Waals surface area contributed by atoms with Gasteiger partial charge in [-0.15, -0.1) is 6.42 Å². The Morgan fingerprint density at radius 3 is 2.93 bits per heavy atom. The minimum atomic E-state index is -0.902. The predicted molar refractivity (Wildman–Crippen MR) is 49.2 cm³/mol. The van der Waals surface area contributed by atoms with Crippen molar-refractivity contribution in [3.8, 4) is 12.3 Å². The first-order valence-corrected chi connectivity index (χ1v) is 4.09. The molecule has 2 rings (SSSR count). The number of H-pyrrole nitrogens is 1. The number of hydrogen-bond acceptors (Lipinski definition) is 3. The van der Waals surface area contributed by atoms with Gasteiger partial charge in [0.15, 0.2) is 10.8 Å². The van der Waals surface area contributed by atoms with E-state index in [9.17, 15) is 4.39 Å². The maximum absolute atomic E-state index is 12.7. The molecule has 0 fully saturated rings. The Balaban J connectivity index is 2.66. The molecule has 0 unspecified atom stereocenters. The van der Waals surface area contributed by atoms with Crippen LogP contribution in [-0.2, 0) is 6.42 Å². The molecule has 0 bridgehead atoms. The second-order valence-electron chi connectivity index (χ2n) is 2.55. The van der Waals surface area contributed by atoms with E-state index in [4.69, 9.17) is 18.0 Å². The van der Waals surface area contributed by atoms with Crippen molar-refractivity contribution in [2.24, 2.45) is 0 Å². The first-order valence-electron chi connectivity index (χ1n) is 3.72. The second kappa shape index (κ2) is 3.24. The monoisotopic (exact) mass is 210 g/mol. The van der Waals surface area contributed by atoms with Crippen LogP contribution in [-0.4, -0.2) is 19.9 Å². The van der Waals surface area contributed by atoms with Gasteiger partial charge < -0.3 is 4.98 Å². The Kier molecular flexibility index (Phi) is 2.06. The average Bonchev–Trinajstić information content (AvgIpc) is 2.48. The van der Waals surface area contributed by atoms with Gasteiger partial charge in [0.2, 0.25) is 0 Å². The molecular weight excluding hydrogens is 207 g/mol. The van der Waals surface area contributed by atoms with Crippen molar-refractivity contribution < 1.29 is 4.39 Å². The molecule has 0 saturated heterocycles. The van der Waals surface area contributed by atoms with Crippen molar-refractivity contribution in [1.82, 2.24) is 19.9 Å². The van der Waals surface area contributed by atoms with Crippen LogP contribution in [0.4, 0.5) is 4.39 Å². The summed E-state index contributed by atoms with van der Waals surface area (Å²) in [5.74, 6) is 2.92. The van der Waals surface area contributed by atoms with Crippen LogP contribution in [0.3, 0.4) is 0 Å². The SMILES string of the molecule is C#CCc1nc2nc(F)nc(Cl)c2[nH]1. The van der Waals surface area contributed by atoms with Gasteiger partial charge >= 0.3 is 6.08 Å². The van der Waals surface area contributed by atoms with E-state index in [0.717, 1.165) is 0 Å². The number of imidazole rings is 1. The molecule has 0 aliphatic heterocycles. The number of hydrogen-bond donors (Lipinski definition) is 1. The van der Waals surface area contributed by atoms with Gasteiger partial charge in [-0.2, -0.15) is 14.4 Å². The zero-order chi connectivity index (χ0) is 10.1. The highest BCUT2D eigenvalue weighted by atomic mass is 35.5. The quantitative estimate of drug-likeness (QED) is 0.439. The van der Waals surface area contributed by atoms with Gasteiger partial charge in [0.05, 0.1) is 6.42 Å². The third-order valence-electron chi connectivity index (χ3n) is 1.60. The molecule has 4 nitrogen and oxygen atoms in total. The highest BCUT2D eigenvalue weighted by Gasteiger charge is 2.10. The Morgan fingerprint density at radius 1 is 1.43 bits per heavy atom. The molecule has 70 valence electrons. The highest BCUT2D eigenvalue weighted by Crippen LogP contribution is 2.17. The first kappa shape index (κ1) is 8.91. The zero-order valence-electron chi connectivity index (χ0n) is 6.88. The standard InChI is InChI=1S/C8H4ClFN4/c1-2-3-4-11-5-6(9)13-8(10)14-7(5)12-4/h1H,3H2,(H,11,12,13,14). The summed E-state index contributed by atoms with van der Waals surface area (Å²) in [6.07, 6.45) is 4.51. The van der Waals surface area contributed by atoms with E-state index in [2.05, 4.69) is 25.9 Å². The smallest absolute Gasteiger partial charge is 0.312 e. The van der Waals surface area contributed by atoms with E-state index < -0.39 is 6.08 Å². The molecule has 0 aliphatic carbocycles. The lowest BCUT2D eigenvalue weighted by atomic mass is 10.4. The summed E-state index contributed by atoms with van der Waals surface area (Å²) in [6, 6.07) is 0. The molecule has 0 saturated carbocycles. The van der Waals surface area contributed by atoms with Crippen LogP contribution in [0.2, 0.25) is 5.15 Å². The van der Waals surface area contributed by atoms with Gasteiger partial charge in [-0.3, -0.25) is 0 Å². The Hall–Kier alpha value is -1.67. The number of aromatic nitrogens is 4. The summed E-state index contributed by atoms with van der Waals surface area (Å²) in [7, 11) is 0. The Bertz CT molecular complexity index is 528. The van der Waals surface area contributed by atoms with Crippen molar-refractivity contribution in [3.05, 3.63) is 17.1 Å². The van der Waals surface area contributed by atoms with Gasteiger partial charge in [-0.25, -0.2) is 4.98 Å². The summed E-state index contributed by atoms with van der Waals surface area (Å²) >= 11 is 5.66. The molecular formula is C8H4ClFN4. The number of aromatic amines is 1. The lowest BCUT2D eigenvalue weighted by molar-refractivity contribution is 0.544. The molecule has 14 heavy (non-hydrogen) atoms. The third kappa shape index (κ3) is 1.40. The third-order valence-corrected chi connectivity index (χ3v) is 1.87. The van der Waals surface area contributed by atoms with Crippen LogP contribution in [0.5, 0.6) is 0 Å². The lowest BCUT2D eigenvalue weighted by Gasteiger charge is -1.89. The van der Waals surface area contributed by atoms with Crippen LogP contribution in [0.25, 0.3) is 11.2 Å². The molecule has 0 aromatic carbocycles. The molecule has 2 aromatic heterocycles. The summed E-state index contributed by atoms with van der Waals surface area (Å²) in [5, 5.41) is 0.00303. The number of rotatable bonds is 1. The van der Waals surface area contributed by atoms with Crippen molar-refractivity contribution in [3.63, 3.8) is 0 Å². The second-order valence-corrected chi connectivity index (χ2v) is 2.90. The van der Waals surface area contributed by atoms with E-state index in [0.29, 0.717) is 17.8 Å². The molecule has 0 radical (unpaired) electrons. The normalized spacial score (nSPS) is 10.4. The first-order chi connectivity index (χ1) is 6.70. The average molecular weight is 211 g/mol. The lowest BCUT2D eigenvalue weighted by Crippen LogP contribution is -1.90. The fourth-order valence-corrected chi connectivity index (χ4v) is 1.27. The van der Waals surface area contributed by atoms with E-state index >= 15 is 0 Å². The minimum Gasteiger partial charge on any atom is -0.337 e. The van der Waals surface area contributed by atoms with Gasteiger partial charge in [0.25, 0.3) is 0 Å². The molecule has 0 spiro atoms. The number of terminal acetylenes is 1. The largest absolute Gasteiger partial charge is 0.337 e. The summed E-state index contributed by atoms with van der Waals surface area (Å²) in [5.41, 5.74) is 0.589. The summed E-state index contributed by atoms with van der Waals surface area (Å²) in [4.78, 5) is 13.6. The van der Waals surface area contributed by atoms with Crippen LogP contribution in [0.1, 0.15) is 5.82 Å². The van der Waals surface area contributed by atoms with Crippen LogP contribution < -0.4 is 0 Å². The van der Waals surface area contributed by atoms with Gasteiger partial charge in [0.1, 0.15) is 11.3 Å². The summed E-state index contributed by atoms with van der Waals surface area (Å²) < 4.78 is 12.7. The maximum Gasteiger partial charge on any atom is 0.312 e. The number of nitrogens with zero attached hydrogens (tertiary/aromatic N) is 3. The van der Waals surface area contributed by atoms with Crippen molar-refractivity contribution in [1.29, 1.82) is 0 Å². The van der Waals surface area contributed by atoms with Crippen LogP contribution >= 0.6 is 11.6 Å². The van der Waals surface area contributed by atoms with Crippen LogP contribution in [0, 0.1) is 18.4 Å². The van der Waals surface area contributed by atoms with E-state index in [-0.39, 0.29) is 10.8 Å². The predicted octanol–water partition coefficient (Wildman–Crippen LogP) is 1.32. The number of nitrogens with one attached hydrogen (secondary N) is 1. The maximum atomic E-state index is 12.7. The van der Waals surface area contributed by atoms with Gasteiger partial charge in [0, 0.05) is 0 Å². The Morgan fingerprint density at radius 2 is 2.21 bits per heavy atom.